The van der Waals surface area contributed by atoms with Gasteiger partial charge in [-0.2, -0.15) is 5.10 Å². The molecule has 0 aromatic carbocycles. The Labute approximate surface area is 121 Å². The summed E-state index contributed by atoms with van der Waals surface area (Å²) >= 11 is 0. The van der Waals surface area contributed by atoms with Crippen molar-refractivity contribution in [1.29, 1.82) is 0 Å². The molecule has 0 bridgehead atoms. The minimum absolute atomic E-state index is 0.203. The second kappa shape index (κ2) is 8.35. The lowest BCUT2D eigenvalue weighted by molar-refractivity contribution is 0.309. The maximum atomic E-state index is 12.1. The maximum absolute atomic E-state index is 12.1. The van der Waals surface area contributed by atoms with E-state index in [-0.39, 0.29) is 4.90 Å². The van der Waals surface area contributed by atoms with Gasteiger partial charge in [-0.1, -0.05) is 13.8 Å². The van der Waals surface area contributed by atoms with Crippen molar-refractivity contribution in [2.24, 2.45) is 5.73 Å². The Hall–Kier alpha value is -0.960. The van der Waals surface area contributed by atoms with Crippen LogP contribution >= 0.6 is 0 Å². The van der Waals surface area contributed by atoms with Crippen LogP contribution in [0.15, 0.2) is 17.3 Å². The molecule has 1 rings (SSSR count). The van der Waals surface area contributed by atoms with Crippen LogP contribution in [0.3, 0.4) is 0 Å². The van der Waals surface area contributed by atoms with Crippen LogP contribution in [0.1, 0.15) is 20.3 Å². The van der Waals surface area contributed by atoms with E-state index in [1.165, 1.54) is 12.4 Å². The van der Waals surface area contributed by atoms with Crippen molar-refractivity contribution in [3.8, 4) is 0 Å². The minimum Gasteiger partial charge on any atom is -0.330 e. The summed E-state index contributed by atoms with van der Waals surface area (Å²) < 4.78 is 28.3. The quantitative estimate of drug-likeness (QED) is 0.627. The normalized spacial score (nSPS) is 12.2. The van der Waals surface area contributed by atoms with Gasteiger partial charge in [-0.3, -0.25) is 4.68 Å². The average molecular weight is 303 g/mol. The van der Waals surface area contributed by atoms with Crippen molar-refractivity contribution < 1.29 is 8.42 Å². The largest absolute Gasteiger partial charge is 0.330 e. The number of nitrogens with zero attached hydrogens (tertiary/aromatic N) is 3. The lowest BCUT2D eigenvalue weighted by atomic mass is 10.4. The van der Waals surface area contributed by atoms with Crippen molar-refractivity contribution in [3.05, 3.63) is 12.4 Å². The number of likely N-dealkylation sites (N-methyl/N-ethyl adjacent to an activating group) is 1. The van der Waals surface area contributed by atoms with E-state index in [2.05, 4.69) is 28.6 Å². The number of hydrogen-bond donors (Lipinski definition) is 2. The minimum atomic E-state index is -3.47. The highest BCUT2D eigenvalue weighted by atomic mass is 32.2. The lowest BCUT2D eigenvalue weighted by Gasteiger charge is -2.17. The molecule has 20 heavy (non-hydrogen) atoms. The second-order valence-electron chi connectivity index (χ2n) is 4.51. The molecule has 0 saturated carbocycles. The lowest BCUT2D eigenvalue weighted by Crippen LogP contribution is -2.34. The molecular formula is C12H25N5O2S. The first-order valence-electron chi connectivity index (χ1n) is 6.98. The van der Waals surface area contributed by atoms with E-state index in [4.69, 9.17) is 5.73 Å². The van der Waals surface area contributed by atoms with Crippen LogP contribution in [-0.2, 0) is 16.6 Å². The Morgan fingerprint density at radius 3 is 2.70 bits per heavy atom. The van der Waals surface area contributed by atoms with Gasteiger partial charge in [0.1, 0.15) is 4.90 Å². The van der Waals surface area contributed by atoms with E-state index in [9.17, 15) is 8.42 Å². The molecule has 8 heteroatoms. The molecule has 7 nitrogen and oxygen atoms in total. The molecule has 116 valence electrons. The van der Waals surface area contributed by atoms with Crippen LogP contribution < -0.4 is 10.5 Å². The number of aryl methyl sites for hydroxylation is 1. The van der Waals surface area contributed by atoms with Gasteiger partial charge in [-0.05, 0) is 26.1 Å². The number of rotatable bonds is 10. The Bertz CT molecular complexity index is 482. The molecule has 0 radical (unpaired) electrons. The van der Waals surface area contributed by atoms with Crippen LogP contribution in [0.5, 0.6) is 0 Å². The molecule has 1 aromatic heterocycles. The number of sulfonamides is 1. The molecule has 0 aliphatic rings. The van der Waals surface area contributed by atoms with E-state index in [1.54, 1.807) is 4.68 Å². The fraction of sp³-hybridized carbons (Fsp3) is 0.750. The van der Waals surface area contributed by atoms with Gasteiger partial charge in [-0.15, -0.1) is 0 Å². The molecule has 0 saturated heterocycles. The third-order valence-corrected chi connectivity index (χ3v) is 4.54. The predicted octanol–water partition coefficient (Wildman–Crippen LogP) is -0.148. The van der Waals surface area contributed by atoms with Gasteiger partial charge in [0.15, 0.2) is 0 Å². The fourth-order valence-corrected chi connectivity index (χ4v) is 2.79. The molecular weight excluding hydrogens is 278 g/mol. The van der Waals surface area contributed by atoms with Gasteiger partial charge in [0.25, 0.3) is 0 Å². The van der Waals surface area contributed by atoms with E-state index in [0.717, 1.165) is 19.5 Å². The Morgan fingerprint density at radius 2 is 2.10 bits per heavy atom. The number of nitrogens with two attached hydrogens (primary N) is 1. The Balaban J connectivity index is 2.53. The van der Waals surface area contributed by atoms with Crippen LogP contribution in [0.2, 0.25) is 0 Å². The van der Waals surface area contributed by atoms with E-state index < -0.39 is 10.0 Å². The number of nitrogens with one attached hydrogen (secondary N) is 1. The van der Waals surface area contributed by atoms with Crippen molar-refractivity contribution in [2.75, 3.05) is 32.7 Å². The summed E-state index contributed by atoms with van der Waals surface area (Å²) in [4.78, 5) is 2.36. The van der Waals surface area contributed by atoms with E-state index >= 15 is 0 Å². The third-order valence-electron chi connectivity index (χ3n) is 3.13. The molecule has 0 spiro atoms. The molecule has 1 heterocycles. The van der Waals surface area contributed by atoms with Gasteiger partial charge >= 0.3 is 0 Å². The van der Waals surface area contributed by atoms with Crippen molar-refractivity contribution in [3.63, 3.8) is 0 Å². The van der Waals surface area contributed by atoms with Crippen molar-refractivity contribution >= 4 is 10.0 Å². The third kappa shape index (κ3) is 5.20. The summed E-state index contributed by atoms with van der Waals surface area (Å²) in [5.74, 6) is 0. The van der Waals surface area contributed by atoms with Gasteiger partial charge in [0, 0.05) is 25.8 Å². The molecule has 0 atom stereocenters. The van der Waals surface area contributed by atoms with Gasteiger partial charge in [0.05, 0.1) is 6.20 Å². The first-order valence-corrected chi connectivity index (χ1v) is 8.46. The highest BCUT2D eigenvalue weighted by molar-refractivity contribution is 7.89. The SMILES string of the molecule is CCN(CC)CCNS(=O)(=O)c1cnn(CCCN)c1. The Kier molecular flexibility index (Phi) is 7.14. The zero-order valence-electron chi connectivity index (χ0n) is 12.2. The molecule has 0 amide bonds. The summed E-state index contributed by atoms with van der Waals surface area (Å²) in [7, 11) is -3.47. The molecule has 0 aliphatic carbocycles. The maximum Gasteiger partial charge on any atom is 0.243 e. The summed E-state index contributed by atoms with van der Waals surface area (Å²) in [6.45, 7) is 8.23. The predicted molar refractivity (Wildman–Crippen MR) is 78.9 cm³/mol. The summed E-state index contributed by atoms with van der Waals surface area (Å²) in [6, 6.07) is 0. The molecule has 0 fully saturated rings. The molecule has 3 N–H and O–H groups in total. The van der Waals surface area contributed by atoms with E-state index in [0.29, 0.717) is 26.2 Å². The molecule has 1 aromatic rings. The second-order valence-corrected chi connectivity index (χ2v) is 6.27. The molecule has 0 unspecified atom stereocenters. The number of hydrogen-bond acceptors (Lipinski definition) is 5. The van der Waals surface area contributed by atoms with Crippen LogP contribution in [-0.4, -0.2) is 55.8 Å². The van der Waals surface area contributed by atoms with Crippen LogP contribution in [0, 0.1) is 0 Å². The smallest absolute Gasteiger partial charge is 0.243 e. The van der Waals surface area contributed by atoms with Gasteiger partial charge < -0.3 is 10.6 Å². The van der Waals surface area contributed by atoms with Crippen LogP contribution in [0.25, 0.3) is 0 Å². The fourth-order valence-electron chi connectivity index (χ4n) is 1.82. The highest BCUT2D eigenvalue weighted by Gasteiger charge is 2.16. The van der Waals surface area contributed by atoms with E-state index in [1.807, 2.05) is 0 Å². The zero-order chi connectivity index (χ0) is 15.0. The monoisotopic (exact) mass is 303 g/mol. The van der Waals surface area contributed by atoms with Crippen LogP contribution in [0.4, 0.5) is 0 Å². The molecule has 0 aliphatic heterocycles. The standard InChI is InChI=1S/C12H25N5O2S/c1-3-16(4-2)9-7-15-20(18,19)12-10-14-17(11-12)8-5-6-13/h10-11,15H,3-9,13H2,1-2H3. The first-order chi connectivity index (χ1) is 9.53. The Morgan fingerprint density at radius 1 is 1.40 bits per heavy atom. The summed E-state index contributed by atoms with van der Waals surface area (Å²) in [5.41, 5.74) is 5.41. The van der Waals surface area contributed by atoms with Crippen molar-refractivity contribution in [1.82, 2.24) is 19.4 Å². The highest BCUT2D eigenvalue weighted by Crippen LogP contribution is 2.06. The van der Waals surface area contributed by atoms with Gasteiger partial charge in [0.2, 0.25) is 10.0 Å². The average Bonchev–Trinajstić information content (AvgIpc) is 2.91. The number of aromatic nitrogens is 2. The summed E-state index contributed by atoms with van der Waals surface area (Å²) in [5, 5.41) is 4.03. The van der Waals surface area contributed by atoms with Gasteiger partial charge in [-0.25, -0.2) is 13.1 Å². The first kappa shape index (κ1) is 17.1. The summed E-state index contributed by atoms with van der Waals surface area (Å²) in [6.07, 6.45) is 3.68. The topological polar surface area (TPSA) is 93.2 Å². The zero-order valence-corrected chi connectivity index (χ0v) is 13.1. The van der Waals surface area contributed by atoms with Crippen molar-refractivity contribution in [2.45, 2.75) is 31.7 Å².